The lowest BCUT2D eigenvalue weighted by molar-refractivity contribution is -0.118. The number of furan rings is 1. The zero-order valence-corrected chi connectivity index (χ0v) is 17.4. The van der Waals surface area contributed by atoms with E-state index >= 15 is 0 Å². The second kappa shape index (κ2) is 9.07. The summed E-state index contributed by atoms with van der Waals surface area (Å²) in [7, 11) is 3.92. The number of amides is 1. The van der Waals surface area contributed by atoms with Gasteiger partial charge in [-0.1, -0.05) is 17.8 Å². The van der Waals surface area contributed by atoms with Crippen molar-refractivity contribution in [1.82, 2.24) is 25.0 Å². The first-order valence-corrected chi connectivity index (χ1v) is 10.0. The minimum Gasteiger partial charge on any atom is -0.468 e. The van der Waals surface area contributed by atoms with Crippen molar-refractivity contribution in [3.63, 3.8) is 0 Å². The van der Waals surface area contributed by atoms with Crippen molar-refractivity contribution < 1.29 is 9.21 Å². The smallest absolute Gasteiger partial charge is 0.230 e. The molecule has 0 bridgehead atoms. The van der Waals surface area contributed by atoms with Gasteiger partial charge in [-0.15, -0.1) is 10.2 Å². The van der Waals surface area contributed by atoms with E-state index in [-0.39, 0.29) is 17.7 Å². The lowest BCUT2D eigenvalue weighted by atomic mass is 10.1. The van der Waals surface area contributed by atoms with E-state index in [2.05, 4.69) is 41.5 Å². The number of benzene rings is 1. The van der Waals surface area contributed by atoms with Crippen LogP contribution >= 0.6 is 11.8 Å². The average Bonchev–Trinajstić information content (AvgIpc) is 3.34. The molecule has 3 aromatic rings. The van der Waals surface area contributed by atoms with E-state index in [9.17, 15) is 4.79 Å². The summed E-state index contributed by atoms with van der Waals surface area (Å²) in [6.07, 6.45) is 3.31. The van der Waals surface area contributed by atoms with Gasteiger partial charge in [0, 0.05) is 12.2 Å². The standard InChI is InChI=1S/C20H25N5O2S/c1-14-7-8-16(10-15(14)2)25-13-22-23-20(25)28-12-19(26)21-11-17(24(3)4)18-6-5-9-27-18/h5-10,13,17H,11-12H2,1-4H3,(H,21,26). The second-order valence-electron chi connectivity index (χ2n) is 6.84. The van der Waals surface area contributed by atoms with Crippen LogP contribution in [0.25, 0.3) is 5.69 Å². The topological polar surface area (TPSA) is 76.2 Å². The number of likely N-dealkylation sites (N-methyl/N-ethyl adjacent to an activating group) is 1. The highest BCUT2D eigenvalue weighted by Gasteiger charge is 2.18. The largest absolute Gasteiger partial charge is 0.468 e. The molecule has 1 unspecified atom stereocenters. The number of hydrogen-bond donors (Lipinski definition) is 1. The Morgan fingerprint density at radius 1 is 1.29 bits per heavy atom. The molecule has 0 radical (unpaired) electrons. The average molecular weight is 400 g/mol. The summed E-state index contributed by atoms with van der Waals surface area (Å²) in [5, 5.41) is 11.8. The Bertz CT molecular complexity index is 921. The van der Waals surface area contributed by atoms with Gasteiger partial charge in [-0.25, -0.2) is 0 Å². The molecule has 7 nitrogen and oxygen atoms in total. The maximum absolute atomic E-state index is 12.3. The van der Waals surface area contributed by atoms with Crippen molar-refractivity contribution in [1.29, 1.82) is 0 Å². The van der Waals surface area contributed by atoms with Crippen LogP contribution in [-0.4, -0.2) is 52.0 Å². The highest BCUT2D eigenvalue weighted by atomic mass is 32.2. The maximum atomic E-state index is 12.3. The van der Waals surface area contributed by atoms with Crippen LogP contribution in [0, 0.1) is 13.8 Å². The van der Waals surface area contributed by atoms with Crippen molar-refractivity contribution in [3.8, 4) is 5.69 Å². The fourth-order valence-corrected chi connectivity index (χ4v) is 3.54. The van der Waals surface area contributed by atoms with Crippen molar-refractivity contribution in [2.24, 2.45) is 0 Å². The van der Waals surface area contributed by atoms with E-state index in [1.165, 1.54) is 22.9 Å². The minimum absolute atomic E-state index is 0.0110. The third-order valence-corrected chi connectivity index (χ3v) is 5.55. The molecule has 0 spiro atoms. The maximum Gasteiger partial charge on any atom is 0.230 e. The number of rotatable bonds is 8. The second-order valence-corrected chi connectivity index (χ2v) is 7.78. The van der Waals surface area contributed by atoms with E-state index in [0.717, 1.165) is 11.4 Å². The number of carbonyl (C=O) groups is 1. The summed E-state index contributed by atoms with van der Waals surface area (Å²) in [4.78, 5) is 14.4. The van der Waals surface area contributed by atoms with E-state index in [0.29, 0.717) is 11.7 Å². The molecule has 28 heavy (non-hydrogen) atoms. The van der Waals surface area contributed by atoms with Gasteiger partial charge >= 0.3 is 0 Å². The van der Waals surface area contributed by atoms with Crippen LogP contribution in [0.4, 0.5) is 0 Å². The highest BCUT2D eigenvalue weighted by molar-refractivity contribution is 7.99. The Morgan fingerprint density at radius 3 is 2.79 bits per heavy atom. The molecule has 8 heteroatoms. The van der Waals surface area contributed by atoms with Gasteiger partial charge in [0.25, 0.3) is 0 Å². The number of aromatic nitrogens is 3. The molecule has 3 rings (SSSR count). The molecule has 1 N–H and O–H groups in total. The van der Waals surface area contributed by atoms with Crippen LogP contribution in [0.15, 0.2) is 52.5 Å². The SMILES string of the molecule is Cc1ccc(-n2cnnc2SCC(=O)NCC(c2ccco2)N(C)C)cc1C. The van der Waals surface area contributed by atoms with Crippen LogP contribution in [0.5, 0.6) is 0 Å². The molecule has 1 atom stereocenters. The first-order chi connectivity index (χ1) is 13.5. The van der Waals surface area contributed by atoms with Gasteiger partial charge in [-0.05, 0) is 63.3 Å². The Kier molecular flexibility index (Phi) is 6.53. The summed E-state index contributed by atoms with van der Waals surface area (Å²) in [5.74, 6) is 1.03. The van der Waals surface area contributed by atoms with Crippen molar-refractivity contribution >= 4 is 17.7 Å². The van der Waals surface area contributed by atoms with E-state index in [4.69, 9.17) is 4.42 Å². The highest BCUT2D eigenvalue weighted by Crippen LogP contribution is 2.21. The number of nitrogens with zero attached hydrogens (tertiary/aromatic N) is 4. The number of aryl methyl sites for hydroxylation is 2. The van der Waals surface area contributed by atoms with Gasteiger partial charge < -0.3 is 9.73 Å². The number of carbonyl (C=O) groups excluding carboxylic acids is 1. The van der Waals surface area contributed by atoms with Gasteiger partial charge in [0.2, 0.25) is 5.91 Å². The van der Waals surface area contributed by atoms with Gasteiger partial charge in [0.15, 0.2) is 5.16 Å². The molecule has 1 aromatic carbocycles. The third kappa shape index (κ3) is 4.82. The number of thioether (sulfide) groups is 1. The monoisotopic (exact) mass is 399 g/mol. The zero-order valence-electron chi connectivity index (χ0n) is 16.5. The fraction of sp³-hybridized carbons (Fsp3) is 0.350. The molecule has 0 aliphatic carbocycles. The minimum atomic E-state index is -0.0574. The van der Waals surface area contributed by atoms with Crippen molar-refractivity contribution in [2.75, 3.05) is 26.4 Å². The van der Waals surface area contributed by atoms with Crippen LogP contribution < -0.4 is 5.32 Å². The Hall–Kier alpha value is -2.58. The molecule has 0 aliphatic rings. The Labute approximate surface area is 169 Å². The van der Waals surface area contributed by atoms with Gasteiger partial charge in [0.1, 0.15) is 12.1 Å². The zero-order chi connectivity index (χ0) is 20.1. The molecular weight excluding hydrogens is 374 g/mol. The quantitative estimate of drug-likeness (QED) is 0.587. The predicted molar refractivity (Wildman–Crippen MR) is 110 cm³/mol. The Balaban J connectivity index is 1.58. The van der Waals surface area contributed by atoms with Gasteiger partial charge in [-0.2, -0.15) is 0 Å². The van der Waals surface area contributed by atoms with E-state index in [1.54, 1.807) is 12.6 Å². The van der Waals surface area contributed by atoms with Crippen molar-refractivity contribution in [3.05, 3.63) is 59.8 Å². The molecule has 0 aliphatic heterocycles. The summed E-state index contributed by atoms with van der Waals surface area (Å²) in [6.45, 7) is 4.63. The predicted octanol–water partition coefficient (Wildman–Crippen LogP) is 2.99. The lowest BCUT2D eigenvalue weighted by Gasteiger charge is -2.22. The van der Waals surface area contributed by atoms with E-state index < -0.39 is 0 Å². The molecule has 0 saturated carbocycles. The third-order valence-electron chi connectivity index (χ3n) is 4.61. The lowest BCUT2D eigenvalue weighted by Crippen LogP contribution is -2.35. The normalized spacial score (nSPS) is 12.3. The molecule has 148 valence electrons. The molecule has 0 saturated heterocycles. The van der Waals surface area contributed by atoms with E-state index in [1.807, 2.05) is 41.8 Å². The number of nitrogens with one attached hydrogen (secondary N) is 1. The van der Waals surface area contributed by atoms with Crippen LogP contribution in [0.2, 0.25) is 0 Å². The first-order valence-electron chi connectivity index (χ1n) is 9.02. The summed E-state index contributed by atoms with van der Waals surface area (Å²) in [5.41, 5.74) is 3.42. The molecular formula is C20H25N5O2S. The molecule has 0 fully saturated rings. The van der Waals surface area contributed by atoms with Crippen LogP contribution in [0.1, 0.15) is 22.9 Å². The molecule has 2 heterocycles. The van der Waals surface area contributed by atoms with Gasteiger partial charge in [-0.3, -0.25) is 14.3 Å². The van der Waals surface area contributed by atoms with Crippen LogP contribution in [0.3, 0.4) is 0 Å². The number of hydrogen-bond acceptors (Lipinski definition) is 6. The van der Waals surface area contributed by atoms with Crippen molar-refractivity contribution in [2.45, 2.75) is 25.0 Å². The van der Waals surface area contributed by atoms with Crippen LogP contribution in [-0.2, 0) is 4.79 Å². The summed E-state index contributed by atoms with van der Waals surface area (Å²) < 4.78 is 7.37. The first kappa shape index (κ1) is 20.2. The van der Waals surface area contributed by atoms with Gasteiger partial charge in [0.05, 0.1) is 18.1 Å². The molecule has 2 aromatic heterocycles. The Morgan fingerprint density at radius 2 is 2.11 bits per heavy atom. The fourth-order valence-electron chi connectivity index (χ4n) is 2.79. The molecule has 1 amide bonds. The summed E-state index contributed by atoms with van der Waals surface area (Å²) in [6, 6.07) is 9.94. The summed E-state index contributed by atoms with van der Waals surface area (Å²) >= 11 is 1.36.